The first kappa shape index (κ1) is 11.4. The van der Waals surface area contributed by atoms with Crippen molar-refractivity contribution in [1.29, 1.82) is 0 Å². The number of nitrogens with one attached hydrogen (secondary N) is 1. The summed E-state index contributed by atoms with van der Waals surface area (Å²) in [4.78, 5) is 0. The molecule has 0 aromatic carbocycles. The van der Waals surface area contributed by atoms with Crippen LogP contribution in [-0.2, 0) is 13.5 Å². The molecule has 0 amide bonds. The summed E-state index contributed by atoms with van der Waals surface area (Å²) in [6, 6.07) is 0. The first-order valence-electron chi connectivity index (χ1n) is 4.38. The van der Waals surface area contributed by atoms with Crippen LogP contribution in [-0.4, -0.2) is 16.3 Å². The van der Waals surface area contributed by atoms with Crippen LogP contribution >= 0.6 is 23.2 Å². The van der Waals surface area contributed by atoms with Gasteiger partial charge in [0.05, 0.1) is 17.9 Å². The van der Waals surface area contributed by atoms with E-state index in [9.17, 15) is 0 Å². The van der Waals surface area contributed by atoms with Crippen molar-refractivity contribution in [3.05, 3.63) is 22.5 Å². The zero-order valence-electron chi connectivity index (χ0n) is 8.22. The van der Waals surface area contributed by atoms with E-state index in [0.717, 1.165) is 17.8 Å². The van der Waals surface area contributed by atoms with Gasteiger partial charge in [-0.1, -0.05) is 30.1 Å². The van der Waals surface area contributed by atoms with Gasteiger partial charge in [-0.2, -0.15) is 5.10 Å². The van der Waals surface area contributed by atoms with Crippen molar-refractivity contribution in [2.45, 2.75) is 13.3 Å². The monoisotopic (exact) mass is 233 g/mol. The first-order chi connectivity index (χ1) is 6.67. The molecule has 0 aliphatic heterocycles. The van der Waals surface area contributed by atoms with Gasteiger partial charge < -0.3 is 5.32 Å². The molecule has 0 radical (unpaired) electrons. The summed E-state index contributed by atoms with van der Waals surface area (Å²) in [5.74, 6) is 0. The second kappa shape index (κ2) is 5.27. The lowest BCUT2D eigenvalue weighted by Crippen LogP contribution is -2.02. The molecule has 0 saturated heterocycles. The molecule has 1 rings (SSSR count). The van der Waals surface area contributed by atoms with Gasteiger partial charge >= 0.3 is 0 Å². The van der Waals surface area contributed by atoms with Crippen molar-refractivity contribution >= 4 is 28.9 Å². The van der Waals surface area contributed by atoms with E-state index in [1.807, 2.05) is 13.2 Å². The molecule has 1 aromatic heterocycles. The summed E-state index contributed by atoms with van der Waals surface area (Å²) in [5.41, 5.74) is 3.40. The van der Waals surface area contributed by atoms with Gasteiger partial charge in [0.25, 0.3) is 0 Å². The number of aromatic nitrogens is 2. The van der Waals surface area contributed by atoms with Crippen LogP contribution in [0.5, 0.6) is 0 Å². The Bertz CT molecular complexity index is 331. The maximum atomic E-state index is 5.76. The van der Waals surface area contributed by atoms with Crippen molar-refractivity contribution < 1.29 is 0 Å². The highest BCUT2D eigenvalue weighted by Crippen LogP contribution is 2.14. The van der Waals surface area contributed by atoms with E-state index in [0.29, 0.717) is 11.6 Å². The van der Waals surface area contributed by atoms with Gasteiger partial charge in [-0.25, -0.2) is 0 Å². The van der Waals surface area contributed by atoms with Crippen molar-refractivity contribution in [2.75, 3.05) is 11.9 Å². The van der Waals surface area contributed by atoms with Gasteiger partial charge in [-0.05, 0) is 6.42 Å². The third-order valence-electron chi connectivity index (χ3n) is 1.81. The van der Waals surface area contributed by atoms with Crippen LogP contribution in [0.15, 0.2) is 16.8 Å². The third kappa shape index (κ3) is 2.93. The molecule has 0 bridgehead atoms. The number of aryl methyl sites for hydroxylation is 2. The SMILES string of the molecule is CCc1nn(C)cc1NC/C(Cl)=C/Cl. The standard InChI is InChI=1S/C9H13Cl2N3/c1-3-8-9(6-14(2)13-8)12-5-7(11)4-10/h4,6,12H,3,5H2,1-2H3/b7-4-. The topological polar surface area (TPSA) is 29.9 Å². The lowest BCUT2D eigenvalue weighted by Gasteiger charge is -2.03. The van der Waals surface area contributed by atoms with E-state index in [-0.39, 0.29) is 0 Å². The molecule has 0 spiro atoms. The van der Waals surface area contributed by atoms with Gasteiger partial charge in [0.2, 0.25) is 0 Å². The van der Waals surface area contributed by atoms with Crippen molar-refractivity contribution in [2.24, 2.45) is 7.05 Å². The Morgan fingerprint density at radius 3 is 3.00 bits per heavy atom. The number of hydrogen-bond donors (Lipinski definition) is 1. The Balaban J connectivity index is 2.66. The lowest BCUT2D eigenvalue weighted by atomic mass is 10.3. The highest BCUT2D eigenvalue weighted by molar-refractivity contribution is 6.36. The predicted molar refractivity (Wildman–Crippen MR) is 60.9 cm³/mol. The summed E-state index contributed by atoms with van der Waals surface area (Å²) in [5, 5.41) is 8.04. The average molecular weight is 234 g/mol. The number of anilines is 1. The van der Waals surface area contributed by atoms with E-state index in [1.54, 1.807) is 4.68 Å². The van der Waals surface area contributed by atoms with Crippen LogP contribution < -0.4 is 5.32 Å². The maximum Gasteiger partial charge on any atom is 0.0853 e. The number of hydrogen-bond acceptors (Lipinski definition) is 2. The summed E-state index contributed by atoms with van der Waals surface area (Å²) in [6.45, 7) is 2.59. The van der Waals surface area contributed by atoms with Crippen LogP contribution in [0, 0.1) is 0 Å². The molecule has 5 heteroatoms. The fourth-order valence-corrected chi connectivity index (χ4v) is 1.31. The van der Waals surface area contributed by atoms with Crippen molar-refractivity contribution in [3.63, 3.8) is 0 Å². The molecular formula is C9H13Cl2N3. The maximum absolute atomic E-state index is 5.76. The molecule has 1 N–H and O–H groups in total. The zero-order chi connectivity index (χ0) is 10.6. The summed E-state index contributed by atoms with van der Waals surface area (Å²) >= 11 is 11.2. The molecule has 0 atom stereocenters. The van der Waals surface area contributed by atoms with Gasteiger partial charge in [-0.3, -0.25) is 4.68 Å². The summed E-state index contributed by atoms with van der Waals surface area (Å²) in [6.07, 6.45) is 2.82. The van der Waals surface area contributed by atoms with Crippen LogP contribution in [0.3, 0.4) is 0 Å². The molecule has 0 fully saturated rings. The minimum atomic E-state index is 0.531. The normalized spacial score (nSPS) is 11.9. The lowest BCUT2D eigenvalue weighted by molar-refractivity contribution is 0.746. The molecule has 3 nitrogen and oxygen atoms in total. The highest BCUT2D eigenvalue weighted by Gasteiger charge is 2.04. The number of rotatable bonds is 4. The number of nitrogens with zero attached hydrogens (tertiary/aromatic N) is 2. The molecule has 0 saturated carbocycles. The van der Waals surface area contributed by atoms with Crippen molar-refractivity contribution in [1.82, 2.24) is 9.78 Å². The molecule has 1 heterocycles. The van der Waals surface area contributed by atoms with Gasteiger partial charge in [0.15, 0.2) is 0 Å². The average Bonchev–Trinajstić information content (AvgIpc) is 2.55. The quantitative estimate of drug-likeness (QED) is 0.867. The van der Waals surface area contributed by atoms with Crippen LogP contribution in [0.25, 0.3) is 0 Å². The molecule has 0 aliphatic rings. The first-order valence-corrected chi connectivity index (χ1v) is 5.20. The minimum absolute atomic E-state index is 0.531. The fourth-order valence-electron chi connectivity index (χ4n) is 1.16. The Morgan fingerprint density at radius 1 is 1.71 bits per heavy atom. The zero-order valence-corrected chi connectivity index (χ0v) is 9.73. The molecule has 78 valence electrons. The van der Waals surface area contributed by atoms with E-state index in [4.69, 9.17) is 23.2 Å². The summed E-state index contributed by atoms with van der Waals surface area (Å²) in [7, 11) is 1.89. The second-order valence-electron chi connectivity index (χ2n) is 2.93. The Hall–Kier alpha value is -0.670. The smallest absolute Gasteiger partial charge is 0.0853 e. The van der Waals surface area contributed by atoms with Crippen molar-refractivity contribution in [3.8, 4) is 0 Å². The van der Waals surface area contributed by atoms with Crippen LogP contribution in [0.2, 0.25) is 0 Å². The van der Waals surface area contributed by atoms with E-state index >= 15 is 0 Å². The fraction of sp³-hybridized carbons (Fsp3) is 0.444. The molecule has 14 heavy (non-hydrogen) atoms. The number of halogens is 2. The van der Waals surface area contributed by atoms with Gasteiger partial charge in [0.1, 0.15) is 0 Å². The predicted octanol–water partition coefficient (Wildman–Crippen LogP) is 2.71. The van der Waals surface area contributed by atoms with Crippen LogP contribution in [0.1, 0.15) is 12.6 Å². The molecule has 1 aromatic rings. The Kier molecular flexibility index (Phi) is 4.29. The van der Waals surface area contributed by atoms with Crippen LogP contribution in [0.4, 0.5) is 5.69 Å². The molecule has 0 aliphatic carbocycles. The Labute approximate surface area is 93.7 Å². The van der Waals surface area contributed by atoms with E-state index in [1.165, 1.54) is 5.54 Å². The van der Waals surface area contributed by atoms with E-state index < -0.39 is 0 Å². The second-order valence-corrected chi connectivity index (χ2v) is 3.63. The minimum Gasteiger partial charge on any atom is -0.377 e. The van der Waals surface area contributed by atoms with Gasteiger partial charge in [-0.15, -0.1) is 0 Å². The third-order valence-corrected chi connectivity index (χ3v) is 2.42. The molecule has 0 unspecified atom stereocenters. The molecular weight excluding hydrogens is 221 g/mol. The van der Waals surface area contributed by atoms with E-state index in [2.05, 4.69) is 17.3 Å². The highest BCUT2D eigenvalue weighted by atomic mass is 35.5. The largest absolute Gasteiger partial charge is 0.377 e. The summed E-state index contributed by atoms with van der Waals surface area (Å²) < 4.78 is 1.78. The Morgan fingerprint density at radius 2 is 2.43 bits per heavy atom. The van der Waals surface area contributed by atoms with Gasteiger partial charge in [0, 0.05) is 23.8 Å².